The smallest absolute Gasteiger partial charge is 0.223 e. The molecule has 0 saturated heterocycles. The third-order valence-corrected chi connectivity index (χ3v) is 4.91. The molecule has 2 atom stereocenters. The van der Waals surface area contributed by atoms with Gasteiger partial charge in [0.25, 0.3) is 0 Å². The van der Waals surface area contributed by atoms with Crippen LogP contribution in [0.4, 0.5) is 0 Å². The fraction of sp³-hybridized carbons (Fsp3) is 0.714. The summed E-state index contributed by atoms with van der Waals surface area (Å²) in [6, 6.07) is 0.176. The monoisotopic (exact) mass is 353 g/mol. The molecule has 122 valence electrons. The standard InChI is InChI=1S/C14H23N3OS.2ClH/c1-9-8-16-13(19-9)14(2,3)17-12(18)10-5-4-6-11(15)7-10;;/h8,10-11H,4-7,15H2,1-3H3,(H,17,18);2*1H. The van der Waals surface area contributed by atoms with Gasteiger partial charge in [0.05, 0.1) is 5.54 Å². The topological polar surface area (TPSA) is 68.0 Å². The number of amides is 1. The molecule has 1 heterocycles. The molecule has 0 aliphatic heterocycles. The van der Waals surface area contributed by atoms with Crippen molar-refractivity contribution in [3.63, 3.8) is 0 Å². The highest BCUT2D eigenvalue weighted by atomic mass is 35.5. The Balaban J connectivity index is 0.00000200. The fourth-order valence-electron chi connectivity index (χ4n) is 2.57. The number of halogens is 2. The van der Waals surface area contributed by atoms with E-state index in [-0.39, 0.29) is 42.7 Å². The molecule has 1 amide bonds. The summed E-state index contributed by atoms with van der Waals surface area (Å²) >= 11 is 1.63. The summed E-state index contributed by atoms with van der Waals surface area (Å²) in [5.74, 6) is 0.178. The van der Waals surface area contributed by atoms with Crippen molar-refractivity contribution in [2.24, 2.45) is 11.7 Å². The van der Waals surface area contributed by atoms with E-state index in [1.807, 2.05) is 27.0 Å². The molecule has 0 bridgehead atoms. The van der Waals surface area contributed by atoms with Crippen LogP contribution in [-0.4, -0.2) is 16.9 Å². The van der Waals surface area contributed by atoms with Gasteiger partial charge in [-0.05, 0) is 40.0 Å². The molecular weight excluding hydrogens is 329 g/mol. The number of nitrogens with two attached hydrogens (primary N) is 1. The first kappa shape index (κ1) is 20.6. The number of aryl methyl sites for hydroxylation is 1. The van der Waals surface area contributed by atoms with Gasteiger partial charge in [0, 0.05) is 23.0 Å². The number of hydrogen-bond donors (Lipinski definition) is 2. The van der Waals surface area contributed by atoms with Crippen LogP contribution < -0.4 is 11.1 Å². The third-order valence-electron chi connectivity index (χ3n) is 3.68. The van der Waals surface area contributed by atoms with Crippen LogP contribution in [0.15, 0.2) is 6.20 Å². The van der Waals surface area contributed by atoms with Gasteiger partial charge in [-0.15, -0.1) is 36.2 Å². The van der Waals surface area contributed by atoms with Gasteiger partial charge in [-0.2, -0.15) is 0 Å². The normalized spacial score (nSPS) is 21.9. The predicted molar refractivity (Wildman–Crippen MR) is 92.4 cm³/mol. The van der Waals surface area contributed by atoms with Crippen LogP contribution in [0.2, 0.25) is 0 Å². The van der Waals surface area contributed by atoms with Gasteiger partial charge in [0.15, 0.2) is 0 Å². The molecule has 1 aliphatic carbocycles. The second kappa shape index (κ2) is 8.32. The van der Waals surface area contributed by atoms with Gasteiger partial charge in [-0.1, -0.05) is 6.42 Å². The number of hydrogen-bond acceptors (Lipinski definition) is 4. The van der Waals surface area contributed by atoms with E-state index < -0.39 is 5.54 Å². The van der Waals surface area contributed by atoms with Gasteiger partial charge in [-0.25, -0.2) is 4.98 Å². The minimum absolute atomic E-state index is 0. The average molecular weight is 354 g/mol. The Kier molecular flexibility index (Phi) is 8.18. The van der Waals surface area contributed by atoms with Crippen molar-refractivity contribution in [2.75, 3.05) is 0 Å². The van der Waals surface area contributed by atoms with Crippen LogP contribution >= 0.6 is 36.2 Å². The molecule has 0 radical (unpaired) electrons. The molecule has 2 unspecified atom stereocenters. The molecule has 0 aromatic carbocycles. The van der Waals surface area contributed by atoms with Crippen molar-refractivity contribution in [3.8, 4) is 0 Å². The zero-order valence-corrected chi connectivity index (χ0v) is 15.2. The maximum atomic E-state index is 12.3. The molecule has 7 heteroatoms. The summed E-state index contributed by atoms with van der Waals surface area (Å²) in [6.07, 6.45) is 5.70. The molecule has 21 heavy (non-hydrogen) atoms. The SMILES string of the molecule is Cc1cnc(C(C)(C)NC(=O)C2CCCC(N)C2)s1.Cl.Cl. The molecule has 1 aliphatic rings. The second-order valence-corrected chi connectivity index (χ2v) is 7.25. The van der Waals surface area contributed by atoms with Gasteiger partial charge >= 0.3 is 0 Å². The minimum atomic E-state index is -0.405. The number of aromatic nitrogens is 1. The zero-order valence-electron chi connectivity index (χ0n) is 12.7. The second-order valence-electron chi connectivity index (χ2n) is 6.01. The minimum Gasteiger partial charge on any atom is -0.344 e. The molecule has 4 nitrogen and oxygen atoms in total. The van der Waals surface area contributed by atoms with E-state index in [4.69, 9.17) is 5.73 Å². The van der Waals surface area contributed by atoms with Crippen molar-refractivity contribution in [3.05, 3.63) is 16.1 Å². The van der Waals surface area contributed by atoms with E-state index in [0.717, 1.165) is 35.6 Å². The van der Waals surface area contributed by atoms with Crippen LogP contribution in [0.1, 0.15) is 49.4 Å². The van der Waals surface area contributed by atoms with Crippen LogP contribution in [0.3, 0.4) is 0 Å². The summed E-state index contributed by atoms with van der Waals surface area (Å²) in [6.45, 7) is 6.04. The van der Waals surface area contributed by atoms with Crippen LogP contribution in [0.25, 0.3) is 0 Å². The van der Waals surface area contributed by atoms with Gasteiger partial charge in [0.1, 0.15) is 5.01 Å². The molecule has 3 N–H and O–H groups in total. The molecule has 0 spiro atoms. The van der Waals surface area contributed by atoms with Crippen LogP contribution in [0, 0.1) is 12.8 Å². The Hall–Kier alpha value is -0.360. The number of carbonyl (C=O) groups is 1. The van der Waals surface area contributed by atoms with E-state index in [9.17, 15) is 4.79 Å². The summed E-state index contributed by atoms with van der Waals surface area (Å²) in [4.78, 5) is 17.9. The number of nitrogens with zero attached hydrogens (tertiary/aromatic N) is 1. The molecule has 1 aromatic rings. The lowest BCUT2D eigenvalue weighted by Crippen LogP contribution is -2.46. The number of rotatable bonds is 3. The molecule has 1 fully saturated rings. The highest BCUT2D eigenvalue weighted by Gasteiger charge is 2.31. The lowest BCUT2D eigenvalue weighted by Gasteiger charge is -2.30. The first-order valence-electron chi connectivity index (χ1n) is 6.89. The Morgan fingerprint density at radius 3 is 2.62 bits per heavy atom. The van der Waals surface area contributed by atoms with E-state index in [2.05, 4.69) is 10.3 Å². The summed E-state index contributed by atoms with van der Waals surface area (Å²) in [7, 11) is 0. The Bertz CT molecular complexity index is 465. The summed E-state index contributed by atoms with van der Waals surface area (Å²) in [5.41, 5.74) is 5.55. The van der Waals surface area contributed by atoms with Crippen LogP contribution in [-0.2, 0) is 10.3 Å². The molecule has 1 saturated carbocycles. The van der Waals surface area contributed by atoms with E-state index in [1.54, 1.807) is 11.3 Å². The highest BCUT2D eigenvalue weighted by molar-refractivity contribution is 7.11. The van der Waals surface area contributed by atoms with Crippen molar-refractivity contribution in [1.29, 1.82) is 0 Å². The predicted octanol–water partition coefficient (Wildman–Crippen LogP) is 3.16. The fourth-order valence-corrected chi connectivity index (χ4v) is 3.39. The van der Waals surface area contributed by atoms with Crippen LogP contribution in [0.5, 0.6) is 0 Å². The number of thiazole rings is 1. The van der Waals surface area contributed by atoms with Gasteiger partial charge < -0.3 is 11.1 Å². The Morgan fingerprint density at radius 2 is 2.10 bits per heavy atom. The largest absolute Gasteiger partial charge is 0.344 e. The lowest BCUT2D eigenvalue weighted by atomic mass is 9.85. The third kappa shape index (κ3) is 5.40. The van der Waals surface area contributed by atoms with Gasteiger partial charge in [0.2, 0.25) is 5.91 Å². The molecule has 1 aromatic heterocycles. The van der Waals surface area contributed by atoms with E-state index >= 15 is 0 Å². The Morgan fingerprint density at radius 1 is 1.43 bits per heavy atom. The number of carbonyl (C=O) groups excluding carboxylic acids is 1. The van der Waals surface area contributed by atoms with Crippen molar-refractivity contribution in [2.45, 2.75) is 58.0 Å². The average Bonchev–Trinajstić information content (AvgIpc) is 2.76. The van der Waals surface area contributed by atoms with E-state index in [1.165, 1.54) is 0 Å². The maximum absolute atomic E-state index is 12.3. The molecular formula is C14H25Cl2N3OS. The summed E-state index contributed by atoms with van der Waals surface area (Å²) < 4.78 is 0. The maximum Gasteiger partial charge on any atom is 0.223 e. The van der Waals surface area contributed by atoms with Crippen molar-refractivity contribution < 1.29 is 4.79 Å². The lowest BCUT2D eigenvalue weighted by molar-refractivity contribution is -0.127. The zero-order chi connectivity index (χ0) is 14.0. The molecule has 2 rings (SSSR count). The van der Waals surface area contributed by atoms with E-state index in [0.29, 0.717) is 0 Å². The Labute approximate surface area is 143 Å². The first-order valence-corrected chi connectivity index (χ1v) is 7.70. The van der Waals surface area contributed by atoms with Crippen molar-refractivity contribution in [1.82, 2.24) is 10.3 Å². The quantitative estimate of drug-likeness (QED) is 0.876. The van der Waals surface area contributed by atoms with Gasteiger partial charge in [-0.3, -0.25) is 4.79 Å². The summed E-state index contributed by atoms with van der Waals surface area (Å²) in [5, 5.41) is 4.09. The highest BCUT2D eigenvalue weighted by Crippen LogP contribution is 2.28. The first-order chi connectivity index (χ1) is 8.88. The number of nitrogens with one attached hydrogen (secondary N) is 1. The van der Waals surface area contributed by atoms with Crippen molar-refractivity contribution >= 4 is 42.1 Å².